The van der Waals surface area contributed by atoms with Crippen molar-refractivity contribution in [3.8, 4) is 0 Å². The lowest BCUT2D eigenvalue weighted by Gasteiger charge is -2.39. The number of carbonyl (C=O) groups excluding carboxylic acids is 1. The maximum Gasteiger partial charge on any atom is 0.320 e. The van der Waals surface area contributed by atoms with Crippen LogP contribution in [0.5, 0.6) is 0 Å². The Labute approximate surface area is 113 Å². The van der Waals surface area contributed by atoms with Crippen molar-refractivity contribution in [3.05, 3.63) is 0 Å². The Kier molecular flexibility index (Phi) is 4.63. The second-order valence-corrected chi connectivity index (χ2v) is 5.48. The largest absolute Gasteiger partial charge is 0.481 e. The number of likely N-dealkylation sites (tertiary alicyclic amines) is 1. The van der Waals surface area contributed by atoms with Crippen molar-refractivity contribution in [1.82, 2.24) is 9.80 Å². The molecule has 2 amide bonds. The Balaban J connectivity index is 1.89. The Bertz CT molecular complexity index is 344. The van der Waals surface area contributed by atoms with Crippen LogP contribution in [0.4, 0.5) is 4.79 Å². The number of nitrogens with zero attached hydrogens (tertiary/aromatic N) is 2. The van der Waals surface area contributed by atoms with Gasteiger partial charge in [0.05, 0.1) is 6.61 Å². The minimum absolute atomic E-state index is 0.0192. The highest BCUT2D eigenvalue weighted by atomic mass is 16.4. The lowest BCUT2D eigenvalue weighted by atomic mass is 9.91. The highest BCUT2D eigenvalue weighted by molar-refractivity contribution is 5.75. The number of carboxylic acids is 1. The first kappa shape index (κ1) is 14.1. The van der Waals surface area contributed by atoms with Crippen LogP contribution in [-0.2, 0) is 4.79 Å². The third-order valence-corrected chi connectivity index (χ3v) is 4.12. The van der Waals surface area contributed by atoms with Gasteiger partial charge in [0, 0.05) is 32.1 Å². The minimum atomic E-state index is -0.800. The lowest BCUT2D eigenvalue weighted by Crippen LogP contribution is -2.51. The zero-order valence-electron chi connectivity index (χ0n) is 11.1. The summed E-state index contributed by atoms with van der Waals surface area (Å²) in [6.07, 6.45) is 4.06. The maximum atomic E-state index is 12.4. The van der Waals surface area contributed by atoms with E-state index in [-0.39, 0.29) is 31.0 Å². The summed E-state index contributed by atoms with van der Waals surface area (Å²) in [6, 6.07) is 0.227. The molecule has 0 spiro atoms. The Hall–Kier alpha value is -1.30. The van der Waals surface area contributed by atoms with E-state index in [1.807, 2.05) is 0 Å². The van der Waals surface area contributed by atoms with Crippen LogP contribution in [0.15, 0.2) is 0 Å². The molecule has 108 valence electrons. The first-order valence-corrected chi connectivity index (χ1v) is 7.00. The van der Waals surface area contributed by atoms with Crippen molar-refractivity contribution in [2.45, 2.75) is 38.1 Å². The van der Waals surface area contributed by atoms with E-state index in [2.05, 4.69) is 0 Å². The minimum Gasteiger partial charge on any atom is -0.481 e. The van der Waals surface area contributed by atoms with Crippen molar-refractivity contribution in [1.29, 1.82) is 0 Å². The van der Waals surface area contributed by atoms with E-state index in [0.717, 1.165) is 25.7 Å². The maximum absolute atomic E-state index is 12.4. The molecule has 0 aromatic rings. The normalized spacial score (nSPS) is 23.2. The molecule has 0 radical (unpaired) electrons. The molecule has 1 aliphatic heterocycles. The summed E-state index contributed by atoms with van der Waals surface area (Å²) < 4.78 is 0. The molecule has 6 nitrogen and oxygen atoms in total. The van der Waals surface area contributed by atoms with Gasteiger partial charge in [0.25, 0.3) is 0 Å². The summed E-state index contributed by atoms with van der Waals surface area (Å²) in [7, 11) is 0. The van der Waals surface area contributed by atoms with Gasteiger partial charge in [-0.2, -0.15) is 0 Å². The number of hydrogen-bond donors (Lipinski definition) is 2. The van der Waals surface area contributed by atoms with E-state index in [4.69, 9.17) is 10.2 Å². The first-order chi connectivity index (χ1) is 9.11. The van der Waals surface area contributed by atoms with Gasteiger partial charge in [-0.1, -0.05) is 0 Å². The van der Waals surface area contributed by atoms with Crippen LogP contribution in [0.25, 0.3) is 0 Å². The molecule has 0 bridgehead atoms. The first-order valence-electron chi connectivity index (χ1n) is 7.00. The predicted molar refractivity (Wildman–Crippen MR) is 68.8 cm³/mol. The second kappa shape index (κ2) is 6.23. The van der Waals surface area contributed by atoms with Gasteiger partial charge in [-0.25, -0.2) is 4.79 Å². The van der Waals surface area contributed by atoms with Gasteiger partial charge in [0.2, 0.25) is 0 Å². The summed E-state index contributed by atoms with van der Waals surface area (Å²) in [5.41, 5.74) is 0. The second-order valence-electron chi connectivity index (χ2n) is 5.48. The molecule has 1 unspecified atom stereocenters. The van der Waals surface area contributed by atoms with Crippen LogP contribution >= 0.6 is 0 Å². The van der Waals surface area contributed by atoms with Gasteiger partial charge in [-0.05, 0) is 31.6 Å². The van der Waals surface area contributed by atoms with Crippen LogP contribution in [0.1, 0.15) is 32.1 Å². The molecule has 2 N–H and O–H groups in total. The standard InChI is InChI=1S/C13H22N2O4/c16-7-6-15(11-2-1-3-11)13(19)14-5-4-10(9-14)8-12(17)18/h10-11,16H,1-9H2,(H,17,18). The fraction of sp³-hybridized carbons (Fsp3) is 0.846. The molecule has 1 atom stereocenters. The van der Waals surface area contributed by atoms with E-state index < -0.39 is 5.97 Å². The van der Waals surface area contributed by atoms with Crippen molar-refractivity contribution in [2.75, 3.05) is 26.2 Å². The monoisotopic (exact) mass is 270 g/mol. The molecule has 2 aliphatic rings. The molecule has 1 saturated carbocycles. The van der Waals surface area contributed by atoms with E-state index in [9.17, 15) is 9.59 Å². The predicted octanol–water partition coefficient (Wildman–Crippen LogP) is 0.750. The van der Waals surface area contributed by atoms with Gasteiger partial charge in [0.1, 0.15) is 0 Å². The summed E-state index contributed by atoms with van der Waals surface area (Å²) in [4.78, 5) is 26.6. The average molecular weight is 270 g/mol. The summed E-state index contributed by atoms with van der Waals surface area (Å²) >= 11 is 0. The molecule has 1 saturated heterocycles. The van der Waals surface area contributed by atoms with Crippen molar-refractivity contribution in [2.24, 2.45) is 5.92 Å². The third kappa shape index (κ3) is 3.37. The molecule has 2 fully saturated rings. The van der Waals surface area contributed by atoms with Crippen LogP contribution in [-0.4, -0.2) is 64.3 Å². The van der Waals surface area contributed by atoms with Gasteiger partial charge >= 0.3 is 12.0 Å². The molecule has 1 aliphatic carbocycles. The molecule has 19 heavy (non-hydrogen) atoms. The summed E-state index contributed by atoms with van der Waals surface area (Å²) in [6.45, 7) is 1.52. The number of rotatable bonds is 5. The summed E-state index contributed by atoms with van der Waals surface area (Å²) in [5, 5.41) is 17.9. The SMILES string of the molecule is O=C(O)CC1CCN(C(=O)N(CCO)C2CCC2)C1. The molecule has 1 heterocycles. The highest BCUT2D eigenvalue weighted by Gasteiger charge is 2.34. The molecular weight excluding hydrogens is 248 g/mol. The zero-order valence-corrected chi connectivity index (χ0v) is 11.1. The van der Waals surface area contributed by atoms with Crippen LogP contribution in [0.2, 0.25) is 0 Å². The lowest BCUT2D eigenvalue weighted by molar-refractivity contribution is -0.138. The topological polar surface area (TPSA) is 81.1 Å². The fourth-order valence-electron chi connectivity index (χ4n) is 2.84. The number of aliphatic hydroxyl groups excluding tert-OH is 1. The molecule has 6 heteroatoms. The quantitative estimate of drug-likeness (QED) is 0.772. The number of aliphatic carboxylic acids is 1. The van der Waals surface area contributed by atoms with Gasteiger partial charge in [-0.3, -0.25) is 4.79 Å². The van der Waals surface area contributed by atoms with E-state index >= 15 is 0 Å². The average Bonchev–Trinajstić information content (AvgIpc) is 2.72. The number of hydrogen-bond acceptors (Lipinski definition) is 3. The van der Waals surface area contributed by atoms with Crippen LogP contribution < -0.4 is 0 Å². The highest BCUT2D eigenvalue weighted by Crippen LogP contribution is 2.27. The van der Waals surface area contributed by atoms with Gasteiger partial charge < -0.3 is 20.0 Å². The summed E-state index contributed by atoms with van der Waals surface area (Å²) in [5.74, 6) is -0.732. The van der Waals surface area contributed by atoms with Crippen LogP contribution in [0, 0.1) is 5.92 Å². The smallest absolute Gasteiger partial charge is 0.320 e. The zero-order chi connectivity index (χ0) is 13.8. The molecule has 0 aromatic heterocycles. The van der Waals surface area contributed by atoms with Crippen molar-refractivity contribution in [3.63, 3.8) is 0 Å². The van der Waals surface area contributed by atoms with E-state index in [0.29, 0.717) is 19.6 Å². The van der Waals surface area contributed by atoms with Crippen molar-refractivity contribution < 1.29 is 19.8 Å². The third-order valence-electron chi connectivity index (χ3n) is 4.12. The van der Waals surface area contributed by atoms with Gasteiger partial charge in [0.15, 0.2) is 0 Å². The number of carboxylic acid groups (broad SMARTS) is 1. The molecular formula is C13H22N2O4. The van der Waals surface area contributed by atoms with Crippen LogP contribution in [0.3, 0.4) is 0 Å². The van der Waals surface area contributed by atoms with Crippen molar-refractivity contribution >= 4 is 12.0 Å². The van der Waals surface area contributed by atoms with E-state index in [1.165, 1.54) is 0 Å². The Morgan fingerprint density at radius 2 is 2.00 bits per heavy atom. The number of amides is 2. The fourth-order valence-corrected chi connectivity index (χ4v) is 2.84. The number of urea groups is 1. The van der Waals surface area contributed by atoms with Gasteiger partial charge in [-0.15, -0.1) is 0 Å². The Morgan fingerprint density at radius 1 is 1.26 bits per heavy atom. The Morgan fingerprint density at radius 3 is 2.53 bits per heavy atom. The molecule has 0 aromatic carbocycles. The van der Waals surface area contributed by atoms with E-state index in [1.54, 1.807) is 9.80 Å². The number of carbonyl (C=O) groups is 2. The molecule has 2 rings (SSSR count). The number of aliphatic hydroxyl groups is 1.